The Morgan fingerprint density at radius 3 is 3.04 bits per heavy atom. The van der Waals surface area contributed by atoms with Crippen molar-refractivity contribution in [2.75, 3.05) is 40.4 Å². The molecule has 1 aliphatic heterocycles. The van der Waals surface area contributed by atoms with Crippen molar-refractivity contribution in [2.24, 2.45) is 0 Å². The van der Waals surface area contributed by atoms with Crippen LogP contribution in [0.5, 0.6) is 0 Å². The Morgan fingerprint density at radius 1 is 1.48 bits per heavy atom. The minimum atomic E-state index is 0.246. The number of likely N-dealkylation sites (tertiary alicyclic amines) is 1. The molecule has 2 heterocycles. The molecule has 0 spiro atoms. The summed E-state index contributed by atoms with van der Waals surface area (Å²) < 4.78 is 7.47. The van der Waals surface area contributed by atoms with Gasteiger partial charge in [0.15, 0.2) is 0 Å². The summed E-state index contributed by atoms with van der Waals surface area (Å²) >= 11 is 0. The molecule has 0 saturated carbocycles. The van der Waals surface area contributed by atoms with Crippen molar-refractivity contribution >= 4 is 5.91 Å². The number of amides is 1. The zero-order chi connectivity index (χ0) is 16.7. The Morgan fingerprint density at radius 2 is 2.30 bits per heavy atom. The molecule has 0 aliphatic carbocycles. The van der Waals surface area contributed by atoms with E-state index >= 15 is 0 Å². The van der Waals surface area contributed by atoms with Crippen LogP contribution in [0, 0.1) is 0 Å². The maximum absolute atomic E-state index is 12.5. The molecule has 23 heavy (non-hydrogen) atoms. The second-order valence-electron chi connectivity index (χ2n) is 6.33. The van der Waals surface area contributed by atoms with Crippen LogP contribution in [0.2, 0.25) is 0 Å². The Bertz CT molecular complexity index is 487. The van der Waals surface area contributed by atoms with Crippen LogP contribution >= 0.6 is 0 Å². The van der Waals surface area contributed by atoms with Crippen LogP contribution < -0.4 is 0 Å². The predicted octanol–water partition coefficient (Wildman–Crippen LogP) is 1.40. The van der Waals surface area contributed by atoms with Crippen molar-refractivity contribution in [1.82, 2.24) is 19.4 Å². The number of aryl methyl sites for hydroxylation is 1. The molecular formula is C17H30N4O2. The van der Waals surface area contributed by atoms with Crippen molar-refractivity contribution in [2.45, 2.75) is 45.2 Å². The molecule has 1 saturated heterocycles. The van der Waals surface area contributed by atoms with Crippen molar-refractivity contribution in [3.63, 3.8) is 0 Å². The topological polar surface area (TPSA) is 50.6 Å². The van der Waals surface area contributed by atoms with Gasteiger partial charge in [-0.1, -0.05) is 0 Å². The maximum atomic E-state index is 12.5. The first-order chi connectivity index (χ1) is 11.1. The van der Waals surface area contributed by atoms with E-state index < -0.39 is 0 Å². The first-order valence-electron chi connectivity index (χ1n) is 8.63. The fraction of sp³-hybridized carbons (Fsp3) is 0.765. The van der Waals surface area contributed by atoms with Crippen LogP contribution in [-0.4, -0.2) is 71.7 Å². The number of rotatable bonds is 8. The molecule has 0 bridgehead atoms. The lowest BCUT2D eigenvalue weighted by Crippen LogP contribution is -2.47. The van der Waals surface area contributed by atoms with Crippen LogP contribution in [-0.2, 0) is 22.5 Å². The van der Waals surface area contributed by atoms with Crippen molar-refractivity contribution in [3.05, 3.63) is 18.2 Å². The van der Waals surface area contributed by atoms with Crippen molar-refractivity contribution in [1.29, 1.82) is 0 Å². The number of carbonyl (C=O) groups excluding carboxylic acids is 1. The highest BCUT2D eigenvalue weighted by molar-refractivity contribution is 5.76. The van der Waals surface area contributed by atoms with Gasteiger partial charge in [-0.15, -0.1) is 0 Å². The minimum absolute atomic E-state index is 0.246. The average Bonchev–Trinajstić information content (AvgIpc) is 3.00. The van der Waals surface area contributed by atoms with E-state index in [2.05, 4.69) is 28.5 Å². The SMILES string of the molecule is CCOCCn1ccnc1CCC(=O)N1CCCC(N(C)C)C1. The van der Waals surface area contributed by atoms with E-state index in [4.69, 9.17) is 4.74 Å². The summed E-state index contributed by atoms with van der Waals surface area (Å²) in [6.45, 7) is 5.94. The van der Waals surface area contributed by atoms with Crippen LogP contribution in [0.4, 0.5) is 0 Å². The molecule has 0 aromatic carbocycles. The zero-order valence-electron chi connectivity index (χ0n) is 14.7. The Kier molecular flexibility index (Phi) is 7.05. The standard InChI is InChI=1S/C17H30N4O2/c1-4-23-13-12-20-11-9-18-16(20)7-8-17(22)21-10-5-6-15(14-21)19(2)3/h9,11,15H,4-8,10,12-14H2,1-3H3. The number of hydrogen-bond acceptors (Lipinski definition) is 4. The molecule has 6 nitrogen and oxygen atoms in total. The molecular weight excluding hydrogens is 292 g/mol. The van der Waals surface area contributed by atoms with E-state index in [1.165, 1.54) is 6.42 Å². The van der Waals surface area contributed by atoms with Gasteiger partial charge < -0.3 is 19.1 Å². The number of ether oxygens (including phenoxy) is 1. The number of likely N-dealkylation sites (N-methyl/N-ethyl adjacent to an activating group) is 1. The summed E-state index contributed by atoms with van der Waals surface area (Å²) in [6.07, 6.45) is 7.26. The van der Waals surface area contributed by atoms with Gasteiger partial charge in [0.2, 0.25) is 5.91 Å². The lowest BCUT2D eigenvalue weighted by molar-refractivity contribution is -0.133. The normalized spacial score (nSPS) is 18.6. The first-order valence-corrected chi connectivity index (χ1v) is 8.63. The molecule has 1 aromatic rings. The number of piperidine rings is 1. The number of carbonyl (C=O) groups is 1. The summed E-state index contributed by atoms with van der Waals surface area (Å²) in [7, 11) is 4.18. The van der Waals surface area contributed by atoms with E-state index in [0.717, 1.165) is 38.5 Å². The molecule has 0 N–H and O–H groups in total. The third kappa shape index (κ3) is 5.32. The molecule has 1 fully saturated rings. The molecule has 130 valence electrons. The Labute approximate surface area is 139 Å². The average molecular weight is 322 g/mol. The highest BCUT2D eigenvalue weighted by Gasteiger charge is 2.24. The van der Waals surface area contributed by atoms with E-state index in [0.29, 0.717) is 25.5 Å². The van der Waals surface area contributed by atoms with E-state index in [1.807, 2.05) is 18.0 Å². The van der Waals surface area contributed by atoms with Crippen LogP contribution in [0.3, 0.4) is 0 Å². The van der Waals surface area contributed by atoms with E-state index in [1.54, 1.807) is 6.20 Å². The fourth-order valence-corrected chi connectivity index (χ4v) is 3.06. The van der Waals surface area contributed by atoms with Gasteiger partial charge in [0, 0.05) is 57.5 Å². The van der Waals surface area contributed by atoms with Crippen LogP contribution in [0.15, 0.2) is 12.4 Å². The van der Waals surface area contributed by atoms with Gasteiger partial charge in [-0.25, -0.2) is 4.98 Å². The third-order valence-corrected chi connectivity index (χ3v) is 4.52. The molecule has 1 unspecified atom stereocenters. The predicted molar refractivity (Wildman–Crippen MR) is 90.3 cm³/mol. The lowest BCUT2D eigenvalue weighted by Gasteiger charge is -2.36. The van der Waals surface area contributed by atoms with Gasteiger partial charge in [0.05, 0.1) is 6.61 Å². The van der Waals surface area contributed by atoms with E-state index in [9.17, 15) is 4.79 Å². The third-order valence-electron chi connectivity index (χ3n) is 4.52. The molecule has 6 heteroatoms. The van der Waals surface area contributed by atoms with Gasteiger partial charge >= 0.3 is 0 Å². The second kappa shape index (κ2) is 9.03. The maximum Gasteiger partial charge on any atom is 0.223 e. The number of aromatic nitrogens is 2. The van der Waals surface area contributed by atoms with Gasteiger partial charge in [-0.3, -0.25) is 4.79 Å². The molecule has 0 radical (unpaired) electrons. The van der Waals surface area contributed by atoms with Crippen LogP contribution in [0.1, 0.15) is 32.0 Å². The molecule has 1 atom stereocenters. The first kappa shape index (κ1) is 17.9. The quantitative estimate of drug-likeness (QED) is 0.679. The highest BCUT2D eigenvalue weighted by Crippen LogP contribution is 2.15. The second-order valence-corrected chi connectivity index (χ2v) is 6.33. The monoisotopic (exact) mass is 322 g/mol. The van der Waals surface area contributed by atoms with Gasteiger partial charge in [-0.2, -0.15) is 0 Å². The Hall–Kier alpha value is -1.40. The number of nitrogens with zero attached hydrogens (tertiary/aromatic N) is 4. The smallest absolute Gasteiger partial charge is 0.223 e. The Balaban J connectivity index is 1.81. The van der Waals surface area contributed by atoms with Gasteiger partial charge in [0.1, 0.15) is 5.82 Å². The fourth-order valence-electron chi connectivity index (χ4n) is 3.06. The highest BCUT2D eigenvalue weighted by atomic mass is 16.5. The van der Waals surface area contributed by atoms with Crippen molar-refractivity contribution < 1.29 is 9.53 Å². The van der Waals surface area contributed by atoms with Crippen molar-refractivity contribution in [3.8, 4) is 0 Å². The summed E-state index contributed by atoms with van der Waals surface area (Å²) in [6, 6.07) is 0.487. The summed E-state index contributed by atoms with van der Waals surface area (Å²) in [5.41, 5.74) is 0. The zero-order valence-corrected chi connectivity index (χ0v) is 14.7. The van der Waals surface area contributed by atoms with Gasteiger partial charge in [0.25, 0.3) is 0 Å². The number of hydrogen-bond donors (Lipinski definition) is 0. The summed E-state index contributed by atoms with van der Waals surface area (Å²) in [4.78, 5) is 21.1. The summed E-state index contributed by atoms with van der Waals surface area (Å²) in [5.74, 6) is 1.22. The lowest BCUT2D eigenvalue weighted by atomic mass is 10.0. The van der Waals surface area contributed by atoms with Crippen LogP contribution in [0.25, 0.3) is 0 Å². The molecule has 1 aromatic heterocycles. The number of imidazole rings is 1. The summed E-state index contributed by atoms with van der Waals surface area (Å²) in [5, 5.41) is 0. The molecule has 1 aliphatic rings. The molecule has 2 rings (SSSR count). The molecule has 1 amide bonds. The largest absolute Gasteiger partial charge is 0.380 e. The van der Waals surface area contributed by atoms with E-state index in [-0.39, 0.29) is 5.91 Å². The van der Waals surface area contributed by atoms with Gasteiger partial charge in [-0.05, 0) is 33.9 Å². The minimum Gasteiger partial charge on any atom is -0.380 e.